The molecule has 32 heavy (non-hydrogen) atoms. The van der Waals surface area contributed by atoms with Crippen molar-refractivity contribution in [1.29, 1.82) is 0 Å². The summed E-state index contributed by atoms with van der Waals surface area (Å²) in [6.45, 7) is 6.94. The van der Waals surface area contributed by atoms with Crippen LogP contribution in [0.5, 0.6) is 0 Å². The Kier molecular flexibility index (Phi) is 7.77. The van der Waals surface area contributed by atoms with Crippen LogP contribution in [0.3, 0.4) is 0 Å². The minimum absolute atomic E-state index is 0.0289. The second-order valence-electron chi connectivity index (χ2n) is 8.43. The van der Waals surface area contributed by atoms with E-state index in [1.54, 1.807) is 29.2 Å². The van der Waals surface area contributed by atoms with Gasteiger partial charge in [0.05, 0.1) is 13.0 Å². The van der Waals surface area contributed by atoms with Crippen molar-refractivity contribution in [3.63, 3.8) is 0 Å². The third-order valence-corrected chi connectivity index (χ3v) is 5.09. The number of nitrogens with one attached hydrogen (secondary N) is 1. The summed E-state index contributed by atoms with van der Waals surface area (Å²) in [5, 5.41) is 2.91. The van der Waals surface area contributed by atoms with E-state index in [0.29, 0.717) is 29.3 Å². The van der Waals surface area contributed by atoms with E-state index in [1.807, 2.05) is 57.2 Å². The van der Waals surface area contributed by atoms with E-state index >= 15 is 0 Å². The van der Waals surface area contributed by atoms with Crippen molar-refractivity contribution in [2.24, 2.45) is 5.92 Å². The zero-order valence-corrected chi connectivity index (χ0v) is 18.8. The van der Waals surface area contributed by atoms with Gasteiger partial charge in [-0.25, -0.2) is 4.39 Å². The number of hydrogen-bond acceptors (Lipinski definition) is 2. The number of amides is 2. The van der Waals surface area contributed by atoms with E-state index in [1.165, 1.54) is 12.1 Å². The Balaban J connectivity index is 1.83. The molecular formula is C27H29FN2O2. The Morgan fingerprint density at radius 1 is 0.938 bits per heavy atom. The molecule has 4 nitrogen and oxygen atoms in total. The van der Waals surface area contributed by atoms with E-state index in [4.69, 9.17) is 0 Å². The summed E-state index contributed by atoms with van der Waals surface area (Å²) >= 11 is 0. The maximum Gasteiger partial charge on any atom is 0.258 e. The average molecular weight is 433 g/mol. The highest BCUT2D eigenvalue weighted by Gasteiger charge is 2.19. The average Bonchev–Trinajstić information content (AvgIpc) is 2.77. The molecule has 3 aromatic carbocycles. The standard InChI is InChI=1S/C27H29FN2O2/c1-19(2)17-29-26(31)16-21-9-13-25(14-10-21)30(18-22-5-4-6-24(28)15-22)27(32)23-11-7-20(3)8-12-23/h4-15,19H,16-18H2,1-3H3,(H,29,31). The van der Waals surface area contributed by atoms with Gasteiger partial charge in [-0.15, -0.1) is 0 Å². The molecule has 0 saturated heterocycles. The van der Waals surface area contributed by atoms with Crippen molar-refractivity contribution in [2.45, 2.75) is 33.7 Å². The topological polar surface area (TPSA) is 49.4 Å². The molecule has 0 aliphatic rings. The number of aryl methyl sites for hydroxylation is 1. The maximum atomic E-state index is 13.7. The van der Waals surface area contributed by atoms with Crippen molar-refractivity contribution in [3.05, 3.63) is 101 Å². The molecule has 0 saturated carbocycles. The summed E-state index contributed by atoms with van der Waals surface area (Å²) in [7, 11) is 0. The third kappa shape index (κ3) is 6.51. The first-order valence-electron chi connectivity index (χ1n) is 10.8. The first-order chi connectivity index (χ1) is 15.3. The summed E-state index contributed by atoms with van der Waals surface area (Å²) in [4.78, 5) is 27.1. The number of carbonyl (C=O) groups excluding carboxylic acids is 2. The zero-order valence-electron chi connectivity index (χ0n) is 18.8. The van der Waals surface area contributed by atoms with Crippen LogP contribution in [0.2, 0.25) is 0 Å². The molecule has 0 spiro atoms. The van der Waals surface area contributed by atoms with Crippen LogP contribution in [0.1, 0.15) is 40.9 Å². The molecule has 0 aliphatic carbocycles. The highest BCUT2D eigenvalue weighted by Crippen LogP contribution is 2.22. The Labute approximate surface area is 189 Å². The van der Waals surface area contributed by atoms with Crippen LogP contribution in [0.15, 0.2) is 72.8 Å². The lowest BCUT2D eigenvalue weighted by molar-refractivity contribution is -0.120. The molecule has 0 atom stereocenters. The van der Waals surface area contributed by atoms with Crippen LogP contribution in [-0.4, -0.2) is 18.4 Å². The molecule has 5 heteroatoms. The molecule has 0 radical (unpaired) electrons. The van der Waals surface area contributed by atoms with E-state index in [2.05, 4.69) is 5.32 Å². The van der Waals surface area contributed by atoms with Gasteiger partial charge < -0.3 is 10.2 Å². The van der Waals surface area contributed by atoms with Crippen molar-refractivity contribution in [3.8, 4) is 0 Å². The Morgan fingerprint density at radius 2 is 1.62 bits per heavy atom. The van der Waals surface area contributed by atoms with Gasteiger partial charge in [0.15, 0.2) is 0 Å². The second-order valence-corrected chi connectivity index (χ2v) is 8.43. The lowest BCUT2D eigenvalue weighted by Gasteiger charge is -2.24. The monoisotopic (exact) mass is 432 g/mol. The highest BCUT2D eigenvalue weighted by atomic mass is 19.1. The number of carbonyl (C=O) groups is 2. The normalized spacial score (nSPS) is 10.8. The van der Waals surface area contributed by atoms with Crippen LogP contribution in [0.4, 0.5) is 10.1 Å². The smallest absolute Gasteiger partial charge is 0.258 e. The molecule has 3 rings (SSSR count). The summed E-state index contributed by atoms with van der Waals surface area (Å²) in [6.07, 6.45) is 0.281. The first-order valence-corrected chi connectivity index (χ1v) is 10.8. The highest BCUT2D eigenvalue weighted by molar-refractivity contribution is 6.06. The van der Waals surface area contributed by atoms with Crippen LogP contribution < -0.4 is 10.2 Å². The Bertz CT molecular complexity index is 1060. The van der Waals surface area contributed by atoms with Crippen LogP contribution in [-0.2, 0) is 17.8 Å². The van der Waals surface area contributed by atoms with Gasteiger partial charge in [-0.1, -0.05) is 55.8 Å². The van der Waals surface area contributed by atoms with Crippen molar-refractivity contribution in [1.82, 2.24) is 5.32 Å². The molecule has 0 fully saturated rings. The Morgan fingerprint density at radius 3 is 2.25 bits per heavy atom. The summed E-state index contributed by atoms with van der Waals surface area (Å²) in [5.74, 6) is -0.144. The number of anilines is 1. The summed E-state index contributed by atoms with van der Waals surface area (Å²) in [6, 6.07) is 21.0. The van der Waals surface area contributed by atoms with E-state index in [9.17, 15) is 14.0 Å². The van der Waals surface area contributed by atoms with Gasteiger partial charge in [0.2, 0.25) is 5.91 Å². The van der Waals surface area contributed by atoms with E-state index < -0.39 is 0 Å². The van der Waals surface area contributed by atoms with Crippen LogP contribution in [0, 0.1) is 18.7 Å². The van der Waals surface area contributed by atoms with Gasteiger partial charge in [-0.2, -0.15) is 0 Å². The second kappa shape index (κ2) is 10.7. The van der Waals surface area contributed by atoms with Gasteiger partial charge in [0.25, 0.3) is 5.91 Å². The third-order valence-electron chi connectivity index (χ3n) is 5.09. The van der Waals surface area contributed by atoms with E-state index in [-0.39, 0.29) is 30.6 Å². The van der Waals surface area contributed by atoms with Crippen LogP contribution in [0.25, 0.3) is 0 Å². The molecule has 0 aromatic heterocycles. The summed E-state index contributed by atoms with van der Waals surface area (Å²) < 4.78 is 13.7. The molecule has 1 N–H and O–H groups in total. The van der Waals surface area contributed by atoms with E-state index in [0.717, 1.165) is 11.1 Å². The van der Waals surface area contributed by atoms with Gasteiger partial charge in [0.1, 0.15) is 5.82 Å². The number of benzene rings is 3. The fourth-order valence-electron chi connectivity index (χ4n) is 3.31. The molecule has 0 unspecified atom stereocenters. The minimum atomic E-state index is -0.340. The van der Waals surface area contributed by atoms with Gasteiger partial charge in [-0.3, -0.25) is 9.59 Å². The fourth-order valence-corrected chi connectivity index (χ4v) is 3.31. The van der Waals surface area contributed by atoms with Gasteiger partial charge >= 0.3 is 0 Å². The molecule has 0 aliphatic heterocycles. The molecule has 0 heterocycles. The van der Waals surface area contributed by atoms with Gasteiger partial charge in [-0.05, 0) is 60.4 Å². The van der Waals surface area contributed by atoms with Crippen LogP contribution >= 0.6 is 0 Å². The summed E-state index contributed by atoms with van der Waals surface area (Å²) in [5.41, 5.74) is 3.87. The molecule has 0 bridgehead atoms. The molecule has 166 valence electrons. The Hall–Kier alpha value is -3.47. The molecular weight excluding hydrogens is 403 g/mol. The number of nitrogens with zero attached hydrogens (tertiary/aromatic N) is 1. The van der Waals surface area contributed by atoms with Gasteiger partial charge in [0, 0.05) is 17.8 Å². The first kappa shape index (κ1) is 23.2. The number of rotatable bonds is 8. The SMILES string of the molecule is Cc1ccc(C(=O)N(Cc2cccc(F)c2)c2ccc(CC(=O)NCC(C)C)cc2)cc1. The predicted octanol–water partition coefficient (Wildman–Crippen LogP) is 5.30. The lowest BCUT2D eigenvalue weighted by atomic mass is 10.1. The number of halogens is 1. The number of hydrogen-bond donors (Lipinski definition) is 1. The zero-order chi connectivity index (χ0) is 23.1. The van der Waals surface area contributed by atoms with Crippen molar-refractivity contribution < 1.29 is 14.0 Å². The molecule has 2 amide bonds. The predicted molar refractivity (Wildman–Crippen MR) is 126 cm³/mol. The minimum Gasteiger partial charge on any atom is -0.356 e. The quantitative estimate of drug-likeness (QED) is 0.525. The van der Waals surface area contributed by atoms with Crippen molar-refractivity contribution >= 4 is 17.5 Å². The largest absolute Gasteiger partial charge is 0.356 e. The molecule has 3 aromatic rings. The lowest BCUT2D eigenvalue weighted by Crippen LogP contribution is -2.30. The maximum absolute atomic E-state index is 13.7. The fraction of sp³-hybridized carbons (Fsp3) is 0.259. The van der Waals surface area contributed by atoms with Crippen molar-refractivity contribution in [2.75, 3.05) is 11.4 Å².